The van der Waals surface area contributed by atoms with Gasteiger partial charge in [0.05, 0.1) is 39.9 Å². The van der Waals surface area contributed by atoms with E-state index in [1.165, 1.54) is 16.2 Å². The fourth-order valence-corrected chi connectivity index (χ4v) is 7.04. The van der Waals surface area contributed by atoms with E-state index < -0.39 is 30.3 Å². The van der Waals surface area contributed by atoms with Crippen molar-refractivity contribution in [2.24, 2.45) is 16.8 Å². The van der Waals surface area contributed by atoms with Gasteiger partial charge >= 0.3 is 6.03 Å². The molecule has 4 amide bonds. The molecule has 0 saturated carbocycles. The number of thiazole rings is 1. The average molecular weight is 735 g/mol. The summed E-state index contributed by atoms with van der Waals surface area (Å²) in [6.45, 7) is 8.01. The van der Waals surface area contributed by atoms with Gasteiger partial charge in [0.1, 0.15) is 12.6 Å². The summed E-state index contributed by atoms with van der Waals surface area (Å²) in [7, 11) is 1.64. The monoisotopic (exact) mass is 734 g/mol. The molecule has 13 heteroatoms. The van der Waals surface area contributed by atoms with Crippen LogP contribution >= 0.6 is 23.1 Å². The number of carbonyl (C=O) groups excluding carboxylic acids is 3. The zero-order chi connectivity index (χ0) is 36.8. The Balaban J connectivity index is 1.46. The Hall–Kier alpha value is -4.04. The zero-order valence-electron chi connectivity index (χ0n) is 30.0. The quantitative estimate of drug-likeness (QED) is 0.141. The van der Waals surface area contributed by atoms with Crippen LogP contribution in [-0.2, 0) is 33.8 Å². The molecular weight excluding hydrogens is 685 g/mol. The number of aromatic nitrogens is 1. The lowest BCUT2D eigenvalue weighted by Crippen LogP contribution is -2.55. The highest BCUT2D eigenvalue weighted by molar-refractivity contribution is 8.14. The molecule has 0 bridgehead atoms. The van der Waals surface area contributed by atoms with E-state index in [1.54, 1.807) is 36.7 Å². The van der Waals surface area contributed by atoms with Crippen LogP contribution in [0, 0.1) is 11.8 Å². The number of hydrogen-bond donors (Lipinski definition) is 4. The van der Waals surface area contributed by atoms with Gasteiger partial charge in [0.15, 0.2) is 0 Å². The van der Waals surface area contributed by atoms with Gasteiger partial charge in [-0.25, -0.2) is 9.79 Å². The van der Waals surface area contributed by atoms with Crippen LogP contribution in [0.1, 0.15) is 50.1 Å². The van der Waals surface area contributed by atoms with Crippen molar-refractivity contribution in [1.29, 1.82) is 0 Å². The van der Waals surface area contributed by atoms with Gasteiger partial charge in [-0.1, -0.05) is 88.4 Å². The number of amides is 4. The Labute approximate surface area is 309 Å². The van der Waals surface area contributed by atoms with E-state index in [0.29, 0.717) is 24.5 Å². The first-order chi connectivity index (χ1) is 24.5. The number of carbonyl (C=O) groups is 3. The van der Waals surface area contributed by atoms with Crippen molar-refractivity contribution < 1.29 is 24.2 Å². The highest BCUT2D eigenvalue weighted by atomic mass is 32.2. The number of aliphatic imine (C=N–C) groups is 1. The Morgan fingerprint density at radius 1 is 0.961 bits per heavy atom. The van der Waals surface area contributed by atoms with Gasteiger partial charge in [0, 0.05) is 37.2 Å². The second-order valence-corrected chi connectivity index (χ2v) is 15.3. The summed E-state index contributed by atoms with van der Waals surface area (Å²) in [5.74, 6) is 0.0695. The number of benzene rings is 2. The maximum Gasteiger partial charge on any atom is 0.321 e. The summed E-state index contributed by atoms with van der Waals surface area (Å²) >= 11 is 3.11. The van der Waals surface area contributed by atoms with Gasteiger partial charge in [-0.3, -0.25) is 14.6 Å². The Morgan fingerprint density at radius 3 is 2.22 bits per heavy atom. The molecule has 0 aliphatic carbocycles. The second-order valence-electron chi connectivity index (χ2n) is 13.3. The number of hydrogen-bond acceptors (Lipinski definition) is 9. The maximum atomic E-state index is 13.9. The molecule has 4 N–H and O–H groups in total. The molecule has 2 heterocycles. The predicted molar refractivity (Wildman–Crippen MR) is 204 cm³/mol. The summed E-state index contributed by atoms with van der Waals surface area (Å²) in [6, 6.07) is 16.9. The first-order valence-corrected chi connectivity index (χ1v) is 19.1. The average Bonchev–Trinajstić information content (AvgIpc) is 3.80. The van der Waals surface area contributed by atoms with Crippen molar-refractivity contribution in [2.75, 3.05) is 19.4 Å². The van der Waals surface area contributed by atoms with Crippen molar-refractivity contribution in [1.82, 2.24) is 25.8 Å². The third-order valence-corrected chi connectivity index (χ3v) is 10.3. The minimum Gasteiger partial charge on any atom is -0.391 e. The molecular formula is C38H50N6O5S2. The molecule has 2 aromatic carbocycles. The molecule has 4 unspecified atom stereocenters. The van der Waals surface area contributed by atoms with Crippen LogP contribution in [0.25, 0.3) is 0 Å². The highest BCUT2D eigenvalue weighted by Crippen LogP contribution is 2.25. The molecule has 0 fully saturated rings. The summed E-state index contributed by atoms with van der Waals surface area (Å²) < 4.78 is 5.60. The van der Waals surface area contributed by atoms with Gasteiger partial charge in [-0.15, -0.1) is 23.1 Å². The van der Waals surface area contributed by atoms with Crippen molar-refractivity contribution in [3.05, 3.63) is 100 Å². The molecule has 3 aromatic rings. The Kier molecular flexibility index (Phi) is 15.7. The highest BCUT2D eigenvalue weighted by Gasteiger charge is 2.30. The van der Waals surface area contributed by atoms with Gasteiger partial charge in [0.2, 0.25) is 11.8 Å². The largest absolute Gasteiger partial charge is 0.391 e. The SMILES string of the molecule is CC(C)C1=N/C(=C/N(C)C(=O)NC(C(=O)NC(Cc2ccccc2)CC(O)C(Cc2ccccc2)NC(=O)COCc2cncs2)C(C)C)CS1. The predicted octanol–water partition coefficient (Wildman–Crippen LogP) is 5.17. The first kappa shape index (κ1) is 39.7. The van der Waals surface area contributed by atoms with E-state index in [1.807, 2.05) is 74.5 Å². The zero-order valence-corrected chi connectivity index (χ0v) is 31.6. The lowest BCUT2D eigenvalue weighted by atomic mass is 9.93. The maximum absolute atomic E-state index is 13.9. The van der Waals surface area contributed by atoms with Crippen LogP contribution in [0.15, 0.2) is 89.3 Å². The molecule has 0 radical (unpaired) electrons. The topological polar surface area (TPSA) is 145 Å². The molecule has 11 nitrogen and oxygen atoms in total. The van der Waals surface area contributed by atoms with E-state index >= 15 is 0 Å². The van der Waals surface area contributed by atoms with E-state index in [4.69, 9.17) is 4.74 Å². The molecule has 4 rings (SSSR count). The standard InChI is InChI=1S/C38H50N6O5S2/c1-25(2)35(43-38(48)44(5)20-30-23-50-37(41-30)26(3)4)36(47)40-29(16-27-12-8-6-9-13-27)18-33(45)32(17-28-14-10-7-11-15-28)42-34(46)22-49-21-31-19-39-24-51-31/h6-15,19-20,24-26,29,32-33,35,45H,16-18,21-23H2,1-5H3,(H,40,47)(H,42,46)(H,43,48)/b30-20+. The van der Waals surface area contributed by atoms with E-state index in [9.17, 15) is 19.5 Å². The number of nitrogens with zero attached hydrogens (tertiary/aromatic N) is 3. The van der Waals surface area contributed by atoms with Gasteiger partial charge in [-0.2, -0.15) is 0 Å². The molecule has 0 saturated heterocycles. The van der Waals surface area contributed by atoms with Gasteiger partial charge in [0.25, 0.3) is 0 Å². The molecule has 1 aromatic heterocycles. The van der Waals surface area contributed by atoms with Crippen LogP contribution in [0.4, 0.5) is 4.79 Å². The number of urea groups is 1. The van der Waals surface area contributed by atoms with Crippen LogP contribution in [0.3, 0.4) is 0 Å². The molecule has 0 spiro atoms. The first-order valence-electron chi connectivity index (χ1n) is 17.2. The van der Waals surface area contributed by atoms with E-state index in [0.717, 1.165) is 26.7 Å². The molecule has 4 atom stereocenters. The van der Waals surface area contributed by atoms with Crippen molar-refractivity contribution >= 4 is 46.0 Å². The minimum absolute atomic E-state index is 0.152. The smallest absolute Gasteiger partial charge is 0.321 e. The number of nitrogens with one attached hydrogen (secondary N) is 3. The number of rotatable bonds is 18. The minimum atomic E-state index is -1.02. The van der Waals surface area contributed by atoms with Crippen LogP contribution in [-0.4, -0.2) is 81.5 Å². The lowest BCUT2D eigenvalue weighted by Gasteiger charge is -2.30. The number of aliphatic hydroxyl groups excluding tert-OH is 1. The summed E-state index contributed by atoms with van der Waals surface area (Å²) in [6.07, 6.45) is 3.35. The van der Waals surface area contributed by atoms with E-state index in [2.05, 4.69) is 39.8 Å². The van der Waals surface area contributed by atoms with Crippen molar-refractivity contribution in [2.45, 2.75) is 77.8 Å². The van der Waals surface area contributed by atoms with Crippen LogP contribution in [0.5, 0.6) is 0 Å². The molecule has 274 valence electrons. The van der Waals surface area contributed by atoms with Gasteiger partial charge in [-0.05, 0) is 36.3 Å². The Bertz CT molecular complexity index is 1600. The van der Waals surface area contributed by atoms with Crippen LogP contribution in [0.2, 0.25) is 0 Å². The molecule has 51 heavy (non-hydrogen) atoms. The van der Waals surface area contributed by atoms with Gasteiger partial charge < -0.3 is 30.7 Å². The third kappa shape index (κ3) is 13.2. The molecule has 1 aliphatic heterocycles. The third-order valence-electron chi connectivity index (χ3n) is 8.27. The van der Waals surface area contributed by atoms with E-state index in [-0.39, 0.29) is 37.4 Å². The number of ether oxygens (including phenoxy) is 1. The van der Waals surface area contributed by atoms with Crippen molar-refractivity contribution in [3.8, 4) is 0 Å². The summed E-state index contributed by atoms with van der Waals surface area (Å²) in [5.41, 5.74) is 4.42. The molecule has 1 aliphatic rings. The fraction of sp³-hybridized carbons (Fsp3) is 0.447. The normalized spacial score (nSPS) is 16.0. The Morgan fingerprint density at radius 2 is 1.63 bits per heavy atom. The summed E-state index contributed by atoms with van der Waals surface area (Å²) in [4.78, 5) is 51.2. The second kappa shape index (κ2) is 20.1. The number of thioether (sulfide) groups is 1. The van der Waals surface area contributed by atoms with Crippen molar-refractivity contribution in [3.63, 3.8) is 0 Å². The lowest BCUT2D eigenvalue weighted by molar-refractivity contribution is -0.128. The van der Waals surface area contributed by atoms with Crippen LogP contribution < -0.4 is 16.0 Å². The number of aliphatic hydroxyl groups is 1. The fourth-order valence-electron chi connectivity index (χ4n) is 5.56. The summed E-state index contributed by atoms with van der Waals surface area (Å²) in [5, 5.41) is 21.7.